The Labute approximate surface area is 116 Å². The minimum Gasteiger partial charge on any atom is -0.435 e. The molecule has 108 valence electrons. The Bertz CT molecular complexity index is 392. The van der Waals surface area contributed by atoms with E-state index in [9.17, 15) is 13.6 Å². The number of hydrogen-bond donors (Lipinski definition) is 2. The first-order valence-corrected chi connectivity index (χ1v) is 5.63. The highest BCUT2D eigenvalue weighted by atomic mass is 35.5. The number of benzene rings is 1. The second-order valence-corrected chi connectivity index (χ2v) is 3.66. The van der Waals surface area contributed by atoms with Crippen LogP contribution in [0.15, 0.2) is 24.3 Å². The van der Waals surface area contributed by atoms with E-state index in [1.807, 2.05) is 0 Å². The summed E-state index contributed by atoms with van der Waals surface area (Å²) in [5, 5.41) is 2.65. The van der Waals surface area contributed by atoms with E-state index in [4.69, 9.17) is 5.73 Å². The van der Waals surface area contributed by atoms with Gasteiger partial charge in [0.05, 0.1) is 6.42 Å². The van der Waals surface area contributed by atoms with Gasteiger partial charge in [0, 0.05) is 12.1 Å². The molecule has 1 rings (SSSR count). The van der Waals surface area contributed by atoms with Crippen molar-refractivity contribution < 1.29 is 18.3 Å². The molecule has 0 fully saturated rings. The number of amides is 1. The van der Waals surface area contributed by atoms with Crippen LogP contribution in [0.3, 0.4) is 0 Å². The molecule has 0 saturated carbocycles. The Morgan fingerprint density at radius 1 is 1.37 bits per heavy atom. The number of halogens is 3. The number of carbonyl (C=O) groups is 1. The van der Waals surface area contributed by atoms with Crippen molar-refractivity contribution in [3.05, 3.63) is 29.8 Å². The van der Waals surface area contributed by atoms with E-state index in [-0.39, 0.29) is 30.5 Å². The molecule has 0 heterocycles. The average molecular weight is 295 g/mol. The lowest BCUT2D eigenvalue weighted by atomic mass is 10.1. The van der Waals surface area contributed by atoms with Crippen LogP contribution in [0, 0.1) is 0 Å². The molecular weight excluding hydrogens is 278 g/mol. The number of carbonyl (C=O) groups excluding carboxylic acids is 1. The van der Waals surface area contributed by atoms with Crippen molar-refractivity contribution in [2.75, 3.05) is 13.1 Å². The molecule has 0 unspecified atom stereocenters. The number of para-hydroxylation sites is 1. The lowest BCUT2D eigenvalue weighted by Crippen LogP contribution is -2.27. The van der Waals surface area contributed by atoms with Gasteiger partial charge in [0.15, 0.2) is 0 Å². The van der Waals surface area contributed by atoms with Gasteiger partial charge in [-0.1, -0.05) is 18.2 Å². The van der Waals surface area contributed by atoms with Gasteiger partial charge in [0.2, 0.25) is 5.91 Å². The maximum Gasteiger partial charge on any atom is 0.387 e. The van der Waals surface area contributed by atoms with E-state index >= 15 is 0 Å². The fraction of sp³-hybridized carbons (Fsp3) is 0.417. The number of ether oxygens (including phenoxy) is 1. The number of alkyl halides is 2. The molecule has 19 heavy (non-hydrogen) atoms. The second kappa shape index (κ2) is 9.52. The van der Waals surface area contributed by atoms with Gasteiger partial charge in [0.25, 0.3) is 0 Å². The van der Waals surface area contributed by atoms with Crippen molar-refractivity contribution in [1.82, 2.24) is 5.32 Å². The van der Waals surface area contributed by atoms with Crippen LogP contribution < -0.4 is 15.8 Å². The number of rotatable bonds is 7. The molecule has 7 heteroatoms. The Morgan fingerprint density at radius 2 is 2.05 bits per heavy atom. The standard InChI is InChI=1S/C12H16F2N2O2.ClH/c13-12(14)18-10-5-2-1-4-9(10)8-11(17)16-7-3-6-15;/h1-2,4-5,12H,3,6-8,15H2,(H,16,17);1H. The highest BCUT2D eigenvalue weighted by Gasteiger charge is 2.11. The van der Waals surface area contributed by atoms with Crippen LogP contribution in [0.1, 0.15) is 12.0 Å². The zero-order chi connectivity index (χ0) is 13.4. The molecule has 3 N–H and O–H groups in total. The fourth-order valence-electron chi connectivity index (χ4n) is 1.43. The largest absolute Gasteiger partial charge is 0.435 e. The Balaban J connectivity index is 0.00000324. The van der Waals surface area contributed by atoms with E-state index < -0.39 is 6.61 Å². The van der Waals surface area contributed by atoms with Crippen molar-refractivity contribution in [2.24, 2.45) is 5.73 Å². The Kier molecular flexibility index (Phi) is 8.82. The van der Waals surface area contributed by atoms with Gasteiger partial charge in [0.1, 0.15) is 5.75 Å². The SMILES string of the molecule is Cl.NCCCNC(=O)Cc1ccccc1OC(F)F. The Hall–Kier alpha value is -1.40. The number of nitrogens with two attached hydrogens (primary N) is 1. The van der Waals surface area contributed by atoms with Crippen LogP contribution >= 0.6 is 12.4 Å². The predicted molar refractivity (Wildman–Crippen MR) is 70.7 cm³/mol. The highest BCUT2D eigenvalue weighted by molar-refractivity contribution is 5.85. The minimum absolute atomic E-state index is 0. The smallest absolute Gasteiger partial charge is 0.387 e. The molecule has 0 aromatic heterocycles. The molecule has 0 radical (unpaired) electrons. The molecule has 0 aliphatic heterocycles. The molecule has 1 aromatic carbocycles. The van der Waals surface area contributed by atoms with Gasteiger partial charge in [-0.25, -0.2) is 0 Å². The molecule has 0 bridgehead atoms. The first-order valence-electron chi connectivity index (χ1n) is 5.63. The number of hydrogen-bond acceptors (Lipinski definition) is 3. The van der Waals surface area contributed by atoms with E-state index in [1.165, 1.54) is 6.07 Å². The van der Waals surface area contributed by atoms with Crippen molar-refractivity contribution in [3.63, 3.8) is 0 Å². The Morgan fingerprint density at radius 3 is 2.68 bits per heavy atom. The third kappa shape index (κ3) is 6.93. The third-order valence-electron chi connectivity index (χ3n) is 2.24. The third-order valence-corrected chi connectivity index (χ3v) is 2.24. The minimum atomic E-state index is -2.90. The molecule has 1 amide bonds. The van der Waals surface area contributed by atoms with E-state index in [0.717, 1.165) is 0 Å². The molecule has 0 saturated heterocycles. The van der Waals surface area contributed by atoms with Gasteiger partial charge >= 0.3 is 6.61 Å². The van der Waals surface area contributed by atoms with E-state index in [1.54, 1.807) is 18.2 Å². The van der Waals surface area contributed by atoms with Crippen LogP contribution in [0.25, 0.3) is 0 Å². The predicted octanol–water partition coefficient (Wildman–Crippen LogP) is 1.72. The monoisotopic (exact) mass is 294 g/mol. The maximum atomic E-state index is 12.1. The van der Waals surface area contributed by atoms with Gasteiger partial charge in [-0.15, -0.1) is 12.4 Å². The summed E-state index contributed by atoms with van der Waals surface area (Å²) >= 11 is 0. The van der Waals surface area contributed by atoms with Gasteiger partial charge < -0.3 is 15.8 Å². The lowest BCUT2D eigenvalue weighted by Gasteiger charge is -2.10. The van der Waals surface area contributed by atoms with E-state index in [0.29, 0.717) is 25.1 Å². The fourth-order valence-corrected chi connectivity index (χ4v) is 1.43. The average Bonchev–Trinajstić information content (AvgIpc) is 2.31. The molecular formula is C12H17ClF2N2O2. The van der Waals surface area contributed by atoms with Crippen LogP contribution in [0.5, 0.6) is 5.75 Å². The molecule has 0 atom stereocenters. The second-order valence-electron chi connectivity index (χ2n) is 3.66. The summed E-state index contributed by atoms with van der Waals surface area (Å²) in [7, 11) is 0. The zero-order valence-corrected chi connectivity index (χ0v) is 11.1. The van der Waals surface area contributed by atoms with Crippen molar-refractivity contribution in [3.8, 4) is 5.75 Å². The van der Waals surface area contributed by atoms with Crippen LogP contribution in [0.2, 0.25) is 0 Å². The molecule has 0 aliphatic rings. The summed E-state index contributed by atoms with van der Waals surface area (Å²) in [6.45, 7) is -1.93. The summed E-state index contributed by atoms with van der Waals surface area (Å²) in [5.41, 5.74) is 5.72. The molecule has 4 nitrogen and oxygen atoms in total. The highest BCUT2D eigenvalue weighted by Crippen LogP contribution is 2.20. The first kappa shape index (κ1) is 17.6. The zero-order valence-electron chi connectivity index (χ0n) is 10.3. The summed E-state index contributed by atoms with van der Waals surface area (Å²) in [6, 6.07) is 6.24. The van der Waals surface area contributed by atoms with Gasteiger partial charge in [-0.2, -0.15) is 8.78 Å². The maximum absolute atomic E-state index is 12.1. The van der Waals surface area contributed by atoms with Gasteiger partial charge in [-0.05, 0) is 19.0 Å². The first-order chi connectivity index (χ1) is 8.63. The van der Waals surface area contributed by atoms with Crippen LogP contribution in [0.4, 0.5) is 8.78 Å². The normalized spacial score (nSPS) is 9.89. The quantitative estimate of drug-likeness (QED) is 0.753. The number of nitrogens with one attached hydrogen (secondary N) is 1. The molecule has 1 aromatic rings. The summed E-state index contributed by atoms with van der Waals surface area (Å²) in [4.78, 5) is 11.5. The van der Waals surface area contributed by atoms with Crippen molar-refractivity contribution in [1.29, 1.82) is 0 Å². The topological polar surface area (TPSA) is 64.3 Å². The molecule has 0 spiro atoms. The summed E-state index contributed by atoms with van der Waals surface area (Å²) < 4.78 is 28.6. The van der Waals surface area contributed by atoms with Gasteiger partial charge in [-0.3, -0.25) is 4.79 Å². The summed E-state index contributed by atoms with van der Waals surface area (Å²) in [6.07, 6.45) is 0.689. The van der Waals surface area contributed by atoms with Crippen molar-refractivity contribution in [2.45, 2.75) is 19.5 Å². The summed E-state index contributed by atoms with van der Waals surface area (Å²) in [5.74, 6) is -0.213. The van der Waals surface area contributed by atoms with Crippen LogP contribution in [-0.2, 0) is 11.2 Å². The molecule has 0 aliphatic carbocycles. The lowest BCUT2D eigenvalue weighted by molar-refractivity contribution is -0.120. The van der Waals surface area contributed by atoms with E-state index in [2.05, 4.69) is 10.1 Å². The van der Waals surface area contributed by atoms with Crippen LogP contribution in [-0.4, -0.2) is 25.6 Å². The van der Waals surface area contributed by atoms with Crippen molar-refractivity contribution >= 4 is 18.3 Å².